The van der Waals surface area contributed by atoms with Crippen molar-refractivity contribution in [2.24, 2.45) is 11.3 Å². The summed E-state index contributed by atoms with van der Waals surface area (Å²) in [5.41, 5.74) is 0.480. The van der Waals surface area contributed by atoms with Gasteiger partial charge in [-0.15, -0.1) is 0 Å². The minimum Gasteiger partial charge on any atom is -0.380 e. The molecule has 1 N–H and O–H groups in total. The van der Waals surface area contributed by atoms with Crippen molar-refractivity contribution < 1.29 is 4.74 Å². The summed E-state index contributed by atoms with van der Waals surface area (Å²) >= 11 is 0. The third-order valence-electron chi connectivity index (χ3n) is 4.54. The zero-order valence-corrected chi connectivity index (χ0v) is 14.2. The van der Waals surface area contributed by atoms with Crippen molar-refractivity contribution in [1.29, 1.82) is 0 Å². The van der Waals surface area contributed by atoms with E-state index in [1.54, 1.807) is 0 Å². The van der Waals surface area contributed by atoms with E-state index in [9.17, 15) is 0 Å². The van der Waals surface area contributed by atoms with Crippen LogP contribution in [0, 0.1) is 11.3 Å². The van der Waals surface area contributed by atoms with E-state index >= 15 is 0 Å². The van der Waals surface area contributed by atoms with E-state index in [4.69, 9.17) is 4.74 Å². The Balaban J connectivity index is 2.48. The largest absolute Gasteiger partial charge is 0.380 e. The molecule has 0 aromatic rings. The predicted molar refractivity (Wildman–Crippen MR) is 87.2 cm³/mol. The molecule has 0 aromatic heterocycles. The average Bonchev–Trinajstić information content (AvgIpc) is 2.39. The summed E-state index contributed by atoms with van der Waals surface area (Å²) in [5.74, 6) is 0.882. The Bertz CT molecular complexity index is 247. The Morgan fingerprint density at radius 2 is 2.15 bits per heavy atom. The summed E-state index contributed by atoms with van der Waals surface area (Å²) < 4.78 is 5.49. The highest BCUT2D eigenvalue weighted by molar-refractivity contribution is 4.89. The van der Waals surface area contributed by atoms with Crippen LogP contribution in [0.2, 0.25) is 0 Å². The van der Waals surface area contributed by atoms with Crippen molar-refractivity contribution in [2.75, 3.05) is 46.4 Å². The summed E-state index contributed by atoms with van der Waals surface area (Å²) in [6, 6.07) is 0. The molecular formula is C17H36N2O. The number of nitrogens with zero attached hydrogens (tertiary/aromatic N) is 1. The van der Waals surface area contributed by atoms with Gasteiger partial charge in [0.05, 0.1) is 6.61 Å². The number of hydrogen-bond donors (Lipinski definition) is 1. The van der Waals surface area contributed by atoms with Crippen molar-refractivity contribution in [1.82, 2.24) is 10.2 Å². The average molecular weight is 284 g/mol. The van der Waals surface area contributed by atoms with E-state index in [2.05, 4.69) is 38.0 Å². The van der Waals surface area contributed by atoms with Crippen LogP contribution in [0.4, 0.5) is 0 Å². The molecule has 0 radical (unpaired) electrons. The molecule has 0 heterocycles. The van der Waals surface area contributed by atoms with Gasteiger partial charge < -0.3 is 15.0 Å². The molecule has 1 rings (SSSR count). The normalized spacial score (nSPS) is 27.1. The smallest absolute Gasteiger partial charge is 0.0593 e. The van der Waals surface area contributed by atoms with E-state index < -0.39 is 0 Å². The van der Waals surface area contributed by atoms with Gasteiger partial charge in [-0.05, 0) is 51.1 Å². The van der Waals surface area contributed by atoms with Gasteiger partial charge in [0.25, 0.3) is 0 Å². The Kier molecular flexibility index (Phi) is 8.74. The van der Waals surface area contributed by atoms with Crippen LogP contribution in [0.15, 0.2) is 0 Å². The van der Waals surface area contributed by atoms with E-state index in [0.717, 1.165) is 32.2 Å². The van der Waals surface area contributed by atoms with Crippen molar-refractivity contribution in [3.8, 4) is 0 Å². The highest BCUT2D eigenvalue weighted by Gasteiger charge is 2.35. The number of likely N-dealkylation sites (N-methyl/N-ethyl adjacent to an activating group) is 1. The van der Waals surface area contributed by atoms with Crippen LogP contribution >= 0.6 is 0 Å². The molecule has 0 saturated heterocycles. The first kappa shape index (κ1) is 17.9. The van der Waals surface area contributed by atoms with Gasteiger partial charge in [0, 0.05) is 26.2 Å². The molecule has 0 aromatic carbocycles. The topological polar surface area (TPSA) is 24.5 Å². The fourth-order valence-corrected chi connectivity index (χ4v) is 3.68. The van der Waals surface area contributed by atoms with Gasteiger partial charge in [0.15, 0.2) is 0 Å². The molecule has 1 saturated carbocycles. The summed E-state index contributed by atoms with van der Waals surface area (Å²) in [5, 5.41) is 3.68. The lowest BCUT2D eigenvalue weighted by Gasteiger charge is -2.43. The maximum atomic E-state index is 5.49. The van der Waals surface area contributed by atoms with Crippen LogP contribution in [-0.2, 0) is 4.74 Å². The number of nitrogens with one attached hydrogen (secondary N) is 1. The fraction of sp³-hybridized carbons (Fsp3) is 1.00. The Morgan fingerprint density at radius 1 is 1.35 bits per heavy atom. The lowest BCUT2D eigenvalue weighted by Crippen LogP contribution is -2.46. The van der Waals surface area contributed by atoms with Crippen LogP contribution in [-0.4, -0.2) is 51.3 Å². The maximum absolute atomic E-state index is 5.49. The van der Waals surface area contributed by atoms with Crippen molar-refractivity contribution in [2.45, 2.75) is 52.9 Å². The lowest BCUT2D eigenvalue weighted by molar-refractivity contribution is 0.0681. The highest BCUT2D eigenvalue weighted by Crippen LogP contribution is 2.39. The number of ether oxygens (including phenoxy) is 1. The molecule has 0 amide bonds. The minimum absolute atomic E-state index is 0.480. The van der Waals surface area contributed by atoms with Crippen LogP contribution in [0.3, 0.4) is 0 Å². The van der Waals surface area contributed by atoms with Crippen LogP contribution in [0.1, 0.15) is 52.9 Å². The number of hydrogen-bond acceptors (Lipinski definition) is 3. The second-order valence-corrected chi connectivity index (χ2v) is 6.81. The molecule has 1 aliphatic carbocycles. The van der Waals surface area contributed by atoms with Crippen LogP contribution in [0.5, 0.6) is 0 Å². The molecule has 3 heteroatoms. The second-order valence-electron chi connectivity index (χ2n) is 6.81. The van der Waals surface area contributed by atoms with Gasteiger partial charge in [-0.3, -0.25) is 0 Å². The van der Waals surface area contributed by atoms with E-state index in [1.807, 2.05) is 0 Å². The molecule has 1 aliphatic rings. The standard InChI is InChI=1S/C17H36N2O/c1-5-10-18-14-17(9-7-8-16(3)13-17)15-19(4)11-12-20-6-2/h16,18H,5-15H2,1-4H3. The summed E-state index contributed by atoms with van der Waals surface area (Å²) in [6.07, 6.45) is 6.80. The first-order valence-corrected chi connectivity index (χ1v) is 8.59. The Labute approximate surface area is 126 Å². The summed E-state index contributed by atoms with van der Waals surface area (Å²) in [7, 11) is 2.25. The van der Waals surface area contributed by atoms with Gasteiger partial charge >= 0.3 is 0 Å². The van der Waals surface area contributed by atoms with Crippen LogP contribution in [0.25, 0.3) is 0 Å². The lowest BCUT2D eigenvalue weighted by atomic mass is 9.69. The number of rotatable bonds is 10. The van der Waals surface area contributed by atoms with E-state index in [0.29, 0.717) is 5.41 Å². The van der Waals surface area contributed by atoms with Crippen LogP contribution < -0.4 is 5.32 Å². The zero-order chi connectivity index (χ0) is 14.8. The van der Waals surface area contributed by atoms with Gasteiger partial charge in [0.2, 0.25) is 0 Å². The van der Waals surface area contributed by atoms with Crippen molar-refractivity contribution >= 4 is 0 Å². The Morgan fingerprint density at radius 3 is 2.80 bits per heavy atom. The van der Waals surface area contributed by atoms with E-state index in [-0.39, 0.29) is 0 Å². The quantitative estimate of drug-likeness (QED) is 0.624. The van der Waals surface area contributed by atoms with Gasteiger partial charge in [-0.25, -0.2) is 0 Å². The third kappa shape index (κ3) is 6.55. The molecule has 1 fully saturated rings. The third-order valence-corrected chi connectivity index (χ3v) is 4.54. The van der Waals surface area contributed by atoms with Gasteiger partial charge in [-0.2, -0.15) is 0 Å². The fourth-order valence-electron chi connectivity index (χ4n) is 3.68. The molecular weight excluding hydrogens is 248 g/mol. The maximum Gasteiger partial charge on any atom is 0.0593 e. The summed E-state index contributed by atoms with van der Waals surface area (Å²) in [4.78, 5) is 2.47. The molecule has 0 spiro atoms. The van der Waals surface area contributed by atoms with Crippen molar-refractivity contribution in [3.05, 3.63) is 0 Å². The predicted octanol–water partition coefficient (Wildman–Crippen LogP) is 3.15. The second kappa shape index (κ2) is 9.75. The van der Waals surface area contributed by atoms with Gasteiger partial charge in [-0.1, -0.05) is 26.7 Å². The molecule has 120 valence electrons. The summed E-state index contributed by atoms with van der Waals surface area (Å²) in [6.45, 7) is 13.0. The minimum atomic E-state index is 0.480. The molecule has 0 aliphatic heterocycles. The molecule has 0 bridgehead atoms. The molecule has 20 heavy (non-hydrogen) atoms. The van der Waals surface area contributed by atoms with Gasteiger partial charge in [0.1, 0.15) is 0 Å². The highest BCUT2D eigenvalue weighted by atomic mass is 16.5. The van der Waals surface area contributed by atoms with Crippen molar-refractivity contribution in [3.63, 3.8) is 0 Å². The molecule has 2 unspecified atom stereocenters. The monoisotopic (exact) mass is 284 g/mol. The van der Waals surface area contributed by atoms with E-state index in [1.165, 1.54) is 45.2 Å². The Hall–Kier alpha value is -0.120. The molecule has 2 atom stereocenters. The first-order chi connectivity index (χ1) is 9.62. The first-order valence-electron chi connectivity index (χ1n) is 8.59. The zero-order valence-electron chi connectivity index (χ0n) is 14.2. The molecule has 3 nitrogen and oxygen atoms in total. The SMILES string of the molecule is CCCNCC1(CN(C)CCOCC)CCCC(C)C1.